The second-order valence-corrected chi connectivity index (χ2v) is 6.60. The van der Waals surface area contributed by atoms with Gasteiger partial charge < -0.3 is 18.9 Å². The predicted octanol–water partition coefficient (Wildman–Crippen LogP) is 1.21. The van der Waals surface area contributed by atoms with E-state index in [0.717, 1.165) is 11.1 Å². The Hall–Kier alpha value is -3.75. The van der Waals surface area contributed by atoms with Gasteiger partial charge in [0.25, 0.3) is 11.8 Å². The molecule has 2 N–H and O–H groups in total. The van der Waals surface area contributed by atoms with E-state index < -0.39 is 30.5 Å². The van der Waals surface area contributed by atoms with E-state index in [9.17, 15) is 14.4 Å². The van der Waals surface area contributed by atoms with Gasteiger partial charge in [0.05, 0.1) is 0 Å². The molecule has 1 atom stereocenters. The van der Waals surface area contributed by atoms with Crippen molar-refractivity contribution in [2.24, 2.45) is 0 Å². The first kappa shape index (κ1) is 21.0. The number of para-hydroxylation sites is 2. The number of amides is 2. The van der Waals surface area contributed by atoms with E-state index in [1.54, 1.807) is 36.4 Å². The Balaban J connectivity index is 1.35. The minimum Gasteiger partial charge on any atom is -0.485 e. The molecule has 0 unspecified atom stereocenters. The Morgan fingerprint density at radius 2 is 1.77 bits per heavy atom. The number of fused-ring (bicyclic) bond motifs is 1. The lowest BCUT2D eigenvalue weighted by molar-refractivity contribution is -0.151. The van der Waals surface area contributed by atoms with Crippen LogP contribution in [0.2, 0.25) is 0 Å². The number of benzene rings is 2. The monoisotopic (exact) mass is 414 g/mol. The van der Waals surface area contributed by atoms with E-state index in [0.29, 0.717) is 17.2 Å². The van der Waals surface area contributed by atoms with Crippen molar-refractivity contribution < 1.29 is 33.3 Å². The molecule has 1 aliphatic rings. The van der Waals surface area contributed by atoms with Crippen LogP contribution in [0.5, 0.6) is 17.2 Å². The molecule has 0 saturated carbocycles. The normalized spacial score (nSPS) is 14.4. The Morgan fingerprint density at radius 1 is 1.00 bits per heavy atom. The summed E-state index contributed by atoms with van der Waals surface area (Å²) in [5.74, 6) is -0.505. The molecule has 3 rings (SSSR count). The summed E-state index contributed by atoms with van der Waals surface area (Å²) in [5.41, 5.74) is 6.51. The van der Waals surface area contributed by atoms with Gasteiger partial charge in [-0.05, 0) is 49.2 Å². The zero-order valence-electron chi connectivity index (χ0n) is 16.6. The molecule has 9 nitrogen and oxygen atoms in total. The third kappa shape index (κ3) is 5.63. The molecule has 2 aromatic carbocycles. The summed E-state index contributed by atoms with van der Waals surface area (Å²) in [5, 5.41) is 0. The van der Waals surface area contributed by atoms with Crippen molar-refractivity contribution in [3.05, 3.63) is 53.6 Å². The van der Waals surface area contributed by atoms with Gasteiger partial charge in [-0.15, -0.1) is 0 Å². The Morgan fingerprint density at radius 3 is 2.53 bits per heavy atom. The van der Waals surface area contributed by atoms with Crippen molar-refractivity contribution in [2.45, 2.75) is 20.0 Å². The maximum absolute atomic E-state index is 12.1. The van der Waals surface area contributed by atoms with Crippen molar-refractivity contribution >= 4 is 17.8 Å². The topological polar surface area (TPSA) is 112 Å². The predicted molar refractivity (Wildman–Crippen MR) is 105 cm³/mol. The van der Waals surface area contributed by atoms with E-state index in [2.05, 4.69) is 10.9 Å². The van der Waals surface area contributed by atoms with E-state index in [4.69, 9.17) is 18.9 Å². The first-order valence-electron chi connectivity index (χ1n) is 9.25. The molecule has 0 bridgehead atoms. The standard InChI is InChI=1S/C21H22N2O7/c1-13-7-8-15(9-14(13)2)27-12-20(25)29-11-19(24)22-23-21(26)18-10-28-16-5-3-4-6-17(16)30-18/h3-9,18H,10-12H2,1-2H3,(H,22,24)(H,23,26)/t18-/m0/s1. The van der Waals surface area contributed by atoms with Gasteiger partial charge in [0.1, 0.15) is 12.4 Å². The third-order valence-electron chi connectivity index (χ3n) is 4.33. The summed E-state index contributed by atoms with van der Waals surface area (Å²) in [6, 6.07) is 12.4. The minimum atomic E-state index is -0.922. The van der Waals surface area contributed by atoms with Crippen LogP contribution < -0.4 is 25.1 Å². The lowest BCUT2D eigenvalue weighted by Crippen LogP contribution is -2.51. The van der Waals surface area contributed by atoms with Gasteiger partial charge in [-0.3, -0.25) is 20.4 Å². The molecule has 0 fully saturated rings. The van der Waals surface area contributed by atoms with Crippen LogP contribution in [0.15, 0.2) is 42.5 Å². The van der Waals surface area contributed by atoms with E-state index >= 15 is 0 Å². The first-order valence-corrected chi connectivity index (χ1v) is 9.25. The SMILES string of the molecule is Cc1ccc(OCC(=O)OCC(=O)NNC(=O)[C@@H]2COc3ccccc3O2)cc1C. The van der Waals surface area contributed by atoms with Crippen LogP contribution in [0.1, 0.15) is 11.1 Å². The molecule has 1 aliphatic heterocycles. The second-order valence-electron chi connectivity index (χ2n) is 6.60. The molecular weight excluding hydrogens is 392 g/mol. The minimum absolute atomic E-state index is 0.00350. The van der Waals surface area contributed by atoms with Gasteiger partial charge in [0.15, 0.2) is 24.7 Å². The molecule has 0 aliphatic carbocycles. The average molecular weight is 414 g/mol. The van der Waals surface area contributed by atoms with Gasteiger partial charge in [-0.2, -0.15) is 0 Å². The van der Waals surface area contributed by atoms with Crippen molar-refractivity contribution in [1.29, 1.82) is 0 Å². The maximum Gasteiger partial charge on any atom is 0.344 e. The number of carbonyl (C=O) groups excluding carboxylic acids is 3. The van der Waals surface area contributed by atoms with Gasteiger partial charge in [0.2, 0.25) is 6.10 Å². The molecular formula is C21H22N2O7. The average Bonchev–Trinajstić information content (AvgIpc) is 2.76. The number of aryl methyl sites for hydroxylation is 2. The lowest BCUT2D eigenvalue weighted by Gasteiger charge is -2.25. The zero-order chi connectivity index (χ0) is 21.5. The van der Waals surface area contributed by atoms with Gasteiger partial charge in [-0.25, -0.2) is 4.79 Å². The summed E-state index contributed by atoms with van der Waals surface area (Å²) in [6.07, 6.45) is -0.922. The Kier molecular flexibility index (Phi) is 6.74. The number of esters is 1. The van der Waals surface area contributed by atoms with Crippen molar-refractivity contribution in [2.75, 3.05) is 19.8 Å². The molecule has 0 saturated heterocycles. The third-order valence-corrected chi connectivity index (χ3v) is 4.33. The molecule has 30 heavy (non-hydrogen) atoms. The summed E-state index contributed by atoms with van der Waals surface area (Å²) in [6.45, 7) is 3.00. The van der Waals surface area contributed by atoms with E-state index in [1.165, 1.54) is 0 Å². The maximum atomic E-state index is 12.1. The van der Waals surface area contributed by atoms with Crippen molar-refractivity contribution in [3.63, 3.8) is 0 Å². The first-order chi connectivity index (χ1) is 14.4. The summed E-state index contributed by atoms with van der Waals surface area (Å²) < 4.78 is 21.1. The fraction of sp³-hybridized carbons (Fsp3) is 0.286. The van der Waals surface area contributed by atoms with Crippen LogP contribution in [-0.2, 0) is 19.1 Å². The summed E-state index contributed by atoms with van der Waals surface area (Å²) in [7, 11) is 0. The van der Waals surface area contributed by atoms with Crippen LogP contribution in [0.3, 0.4) is 0 Å². The number of carbonyl (C=O) groups is 3. The fourth-order valence-electron chi connectivity index (χ4n) is 2.53. The Bertz CT molecular complexity index is 945. The number of ether oxygens (including phenoxy) is 4. The Labute approximate surface area is 173 Å². The molecule has 0 spiro atoms. The van der Waals surface area contributed by atoms with Crippen LogP contribution in [-0.4, -0.2) is 43.7 Å². The second kappa shape index (κ2) is 9.64. The highest BCUT2D eigenvalue weighted by atomic mass is 16.6. The number of nitrogens with one attached hydrogen (secondary N) is 2. The molecule has 2 amide bonds. The smallest absolute Gasteiger partial charge is 0.344 e. The number of hydrazine groups is 1. The van der Waals surface area contributed by atoms with Crippen LogP contribution in [0, 0.1) is 13.8 Å². The highest BCUT2D eigenvalue weighted by Crippen LogP contribution is 2.30. The highest BCUT2D eigenvalue weighted by molar-refractivity contribution is 5.86. The summed E-state index contributed by atoms with van der Waals surface area (Å²) >= 11 is 0. The van der Waals surface area contributed by atoms with Crippen molar-refractivity contribution in [1.82, 2.24) is 10.9 Å². The lowest BCUT2D eigenvalue weighted by atomic mass is 10.1. The number of hydrogen-bond acceptors (Lipinski definition) is 7. The summed E-state index contributed by atoms with van der Waals surface area (Å²) in [4.78, 5) is 35.6. The zero-order valence-corrected chi connectivity index (χ0v) is 16.6. The quantitative estimate of drug-likeness (QED) is 0.540. The van der Waals surface area contributed by atoms with Gasteiger partial charge >= 0.3 is 5.97 Å². The molecule has 0 radical (unpaired) electrons. The molecule has 0 aromatic heterocycles. The number of hydrogen-bond donors (Lipinski definition) is 2. The molecule has 1 heterocycles. The molecule has 2 aromatic rings. The van der Waals surface area contributed by atoms with Crippen LogP contribution in [0.25, 0.3) is 0 Å². The van der Waals surface area contributed by atoms with Crippen molar-refractivity contribution in [3.8, 4) is 17.2 Å². The largest absolute Gasteiger partial charge is 0.485 e. The van der Waals surface area contributed by atoms with Crippen LogP contribution in [0.4, 0.5) is 0 Å². The number of rotatable bonds is 6. The fourth-order valence-corrected chi connectivity index (χ4v) is 2.53. The molecule has 9 heteroatoms. The van der Waals surface area contributed by atoms with Gasteiger partial charge in [0, 0.05) is 0 Å². The van der Waals surface area contributed by atoms with Gasteiger partial charge in [-0.1, -0.05) is 18.2 Å². The highest BCUT2D eigenvalue weighted by Gasteiger charge is 2.27. The van der Waals surface area contributed by atoms with E-state index in [1.807, 2.05) is 19.9 Å². The molecule has 158 valence electrons. The van der Waals surface area contributed by atoms with Crippen LogP contribution >= 0.6 is 0 Å². The van der Waals surface area contributed by atoms with E-state index in [-0.39, 0.29) is 13.2 Å².